The van der Waals surface area contributed by atoms with Gasteiger partial charge in [0.2, 0.25) is 0 Å². The quantitative estimate of drug-likeness (QED) is 0.115. The van der Waals surface area contributed by atoms with Gasteiger partial charge in [-0.3, -0.25) is 0 Å². The van der Waals surface area contributed by atoms with Crippen LogP contribution in [0.15, 0.2) is 561 Å². The van der Waals surface area contributed by atoms with E-state index in [1.165, 1.54) is 151 Å². The third-order valence-electron chi connectivity index (χ3n) is 33.1. The summed E-state index contributed by atoms with van der Waals surface area (Å²) in [5.74, 6) is 0. The summed E-state index contributed by atoms with van der Waals surface area (Å²) < 4.78 is 13.2. The third kappa shape index (κ3) is 12.3. The van der Waals surface area contributed by atoms with Gasteiger partial charge in [0.1, 0.15) is 22.3 Å². The van der Waals surface area contributed by atoms with Crippen LogP contribution >= 0.6 is 0 Å². The minimum atomic E-state index is -0.628. The molecule has 149 heavy (non-hydrogen) atoms. The lowest BCUT2D eigenvalue weighted by molar-refractivity contribution is 0.669. The standard InChI is InChI=1S/C74H48N2O.C69H46N2O/c1-4-22-50(23-5-1)73(51-24-6-2-7-25-51)61-33-13-10-28-56(61)57-47-46-54(48-66(57)73)75(53-44-42-49(43-45-53)55-31-20-32-59-58-29-12-19-41-70(58)77-72(55)59)69-40-21-37-65-71(69)60-30-11-14-34-62(60)74(65)63-35-15-17-38-67(63)76(52-26-8-3-9-27-52)68-39-18-16-36-64(68)74;1-68(46-20-4-2-5-21-46)56-29-11-8-24-51(56)52-43-42-49(44-61(52)68)70(48-40-38-45(39-41-48)50-27-18-28-54-53-25-10-17-37-65(53)72-67(50)54)64-36-19-33-60-66(64)55-26-9-12-30-57(55)69(60)58-31-13-15-34-62(58)71(47-22-6-3-7-23-47)63-35-16-14-32-59(63)69/h1-48H;2-44H,1H3. The first-order valence-electron chi connectivity index (χ1n) is 51.7. The van der Waals surface area contributed by atoms with Crippen LogP contribution in [-0.4, -0.2) is 0 Å². The maximum absolute atomic E-state index is 6.62. The zero-order valence-corrected chi connectivity index (χ0v) is 81.6. The molecule has 4 heterocycles. The van der Waals surface area contributed by atoms with Crippen LogP contribution in [0, 0.1) is 0 Å². The lowest BCUT2D eigenvalue weighted by Crippen LogP contribution is -2.36. The molecule has 698 valence electrons. The highest BCUT2D eigenvalue weighted by Crippen LogP contribution is 2.70. The van der Waals surface area contributed by atoms with Gasteiger partial charge in [-0.2, -0.15) is 0 Å². The van der Waals surface area contributed by atoms with E-state index in [0.717, 1.165) is 112 Å². The van der Waals surface area contributed by atoms with E-state index in [0.29, 0.717) is 0 Å². The average Bonchev–Trinajstić information content (AvgIpc) is 1.52. The average molecular weight is 1900 g/mol. The summed E-state index contributed by atoms with van der Waals surface area (Å²) in [7, 11) is 0. The van der Waals surface area contributed by atoms with Gasteiger partial charge in [0.05, 0.1) is 50.4 Å². The lowest BCUT2D eigenvalue weighted by Gasteiger charge is -2.45. The van der Waals surface area contributed by atoms with Crippen LogP contribution < -0.4 is 19.6 Å². The largest absolute Gasteiger partial charge is 0.455 e. The molecular formula is C143H94N4O2. The van der Waals surface area contributed by atoms with Crippen LogP contribution in [0.25, 0.3) is 111 Å². The summed E-state index contributed by atoms with van der Waals surface area (Å²) in [6.45, 7) is 2.41. The number of anilines is 12. The molecule has 2 spiro atoms. The molecule has 0 fully saturated rings. The molecule has 25 aromatic rings. The Bertz CT molecular complexity index is 9580. The second-order valence-corrected chi connectivity index (χ2v) is 40.3. The van der Waals surface area contributed by atoms with Gasteiger partial charge in [0.25, 0.3) is 0 Å². The van der Waals surface area contributed by atoms with Crippen molar-refractivity contribution in [3.05, 3.63) is 635 Å². The van der Waals surface area contributed by atoms with Crippen molar-refractivity contribution in [1.29, 1.82) is 0 Å². The Morgan fingerprint density at radius 2 is 0.477 bits per heavy atom. The molecule has 2 aromatic heterocycles. The molecule has 6 aliphatic rings. The van der Waals surface area contributed by atoms with E-state index in [-0.39, 0.29) is 5.41 Å². The van der Waals surface area contributed by atoms with Gasteiger partial charge in [-0.05, 0) is 256 Å². The molecule has 23 aromatic carbocycles. The highest BCUT2D eigenvalue weighted by Gasteiger charge is 2.56. The Morgan fingerprint density at radius 1 is 0.188 bits per heavy atom. The van der Waals surface area contributed by atoms with Gasteiger partial charge in [0.15, 0.2) is 0 Å². The van der Waals surface area contributed by atoms with Crippen LogP contribution in [-0.2, 0) is 21.7 Å². The smallest absolute Gasteiger partial charge is 0.143 e. The zero-order valence-electron chi connectivity index (χ0n) is 81.6. The lowest BCUT2D eigenvalue weighted by atomic mass is 9.64. The third-order valence-corrected chi connectivity index (χ3v) is 33.1. The Labute approximate surface area is 865 Å². The van der Waals surface area contributed by atoms with Crippen molar-refractivity contribution >= 4 is 112 Å². The van der Waals surface area contributed by atoms with E-state index in [9.17, 15) is 0 Å². The topological polar surface area (TPSA) is 39.2 Å². The SMILES string of the molecule is CC1(c2ccccc2)c2ccccc2-c2ccc(N(c3ccc(-c4cccc5c4oc4ccccc45)cc3)c3cccc4c3-c3ccccc3C43c4ccccc4N(c4ccccc4)c4ccccc43)cc21.c1ccc(N2c3ccccc3C3(c4ccccc4-c4c(N(c5ccc(-c6cccc7c6oc6ccccc67)cc5)c5ccc6c(c5)C(c5ccccc5)(c5ccccc5)c5ccccc5-6)cccc43)c3ccccc32)cc1. The number of para-hydroxylation sites is 10. The minimum Gasteiger partial charge on any atom is -0.455 e. The van der Waals surface area contributed by atoms with Crippen molar-refractivity contribution in [3.8, 4) is 66.8 Å². The number of hydrogen-bond donors (Lipinski definition) is 0. The molecule has 1 unspecified atom stereocenters. The van der Waals surface area contributed by atoms with Crippen molar-refractivity contribution in [2.45, 2.75) is 28.6 Å². The summed E-state index contributed by atoms with van der Waals surface area (Å²) in [6.07, 6.45) is 0. The van der Waals surface area contributed by atoms with Crippen molar-refractivity contribution in [3.63, 3.8) is 0 Å². The predicted molar refractivity (Wildman–Crippen MR) is 614 cm³/mol. The summed E-state index contributed by atoms with van der Waals surface area (Å²) in [4.78, 5) is 9.95. The van der Waals surface area contributed by atoms with Crippen LogP contribution in [0.1, 0.15) is 90.4 Å². The van der Waals surface area contributed by atoms with Crippen molar-refractivity contribution in [1.82, 2.24) is 0 Å². The number of rotatable bonds is 13. The summed E-state index contributed by atoms with van der Waals surface area (Å²) in [6, 6.07) is 204. The Balaban J connectivity index is 0.000000137. The van der Waals surface area contributed by atoms with Gasteiger partial charge in [-0.1, -0.05) is 431 Å². The van der Waals surface area contributed by atoms with Gasteiger partial charge in [0, 0.05) is 83.3 Å². The normalized spacial score (nSPS) is 14.6. The van der Waals surface area contributed by atoms with Crippen molar-refractivity contribution in [2.75, 3.05) is 19.6 Å². The molecule has 0 bridgehead atoms. The Hall–Kier alpha value is -19.1. The van der Waals surface area contributed by atoms with Crippen LogP contribution in [0.2, 0.25) is 0 Å². The Morgan fingerprint density at radius 3 is 0.899 bits per heavy atom. The summed E-state index contributed by atoms with van der Waals surface area (Å²) in [5, 5.41) is 4.50. The predicted octanol–water partition coefficient (Wildman–Crippen LogP) is 37.4. The highest BCUT2D eigenvalue weighted by atomic mass is 16.3. The molecule has 2 aliphatic heterocycles. The first-order valence-corrected chi connectivity index (χ1v) is 51.7. The van der Waals surface area contributed by atoms with E-state index in [1.54, 1.807) is 0 Å². The number of furan rings is 2. The van der Waals surface area contributed by atoms with Crippen LogP contribution in [0.4, 0.5) is 68.2 Å². The van der Waals surface area contributed by atoms with Crippen molar-refractivity contribution in [2.24, 2.45) is 0 Å². The molecule has 0 radical (unpaired) electrons. The first-order chi connectivity index (χ1) is 73.8. The van der Waals surface area contributed by atoms with E-state index >= 15 is 0 Å². The van der Waals surface area contributed by atoms with Crippen LogP contribution in [0.3, 0.4) is 0 Å². The van der Waals surface area contributed by atoms with Gasteiger partial charge < -0.3 is 28.4 Å². The number of benzene rings is 23. The van der Waals surface area contributed by atoms with E-state index in [4.69, 9.17) is 8.83 Å². The zero-order chi connectivity index (χ0) is 98.2. The molecule has 6 nitrogen and oxygen atoms in total. The number of fused-ring (bicyclic) bond motifs is 30. The monoisotopic (exact) mass is 1900 g/mol. The van der Waals surface area contributed by atoms with E-state index < -0.39 is 16.2 Å². The maximum atomic E-state index is 6.62. The number of nitrogens with zero attached hydrogens (tertiary/aromatic N) is 4. The molecule has 0 amide bonds. The highest BCUT2D eigenvalue weighted by molar-refractivity contribution is 6.13. The van der Waals surface area contributed by atoms with Crippen LogP contribution in [0.5, 0.6) is 0 Å². The van der Waals surface area contributed by atoms with E-state index in [1.807, 2.05) is 12.1 Å². The first kappa shape index (κ1) is 85.4. The second kappa shape index (κ2) is 33.5. The molecule has 6 heteroatoms. The molecule has 0 saturated heterocycles. The Kier molecular flexibility index (Phi) is 19.2. The van der Waals surface area contributed by atoms with Crippen molar-refractivity contribution < 1.29 is 8.83 Å². The van der Waals surface area contributed by atoms with Gasteiger partial charge in [-0.25, -0.2) is 0 Å². The fraction of sp³-hybridized carbons (Fsp3) is 0.0350. The molecule has 31 rings (SSSR count). The molecule has 4 aliphatic carbocycles. The fourth-order valence-corrected chi connectivity index (χ4v) is 27.0. The van der Waals surface area contributed by atoms with E-state index in [2.05, 4.69) is 566 Å². The van der Waals surface area contributed by atoms with Gasteiger partial charge >= 0.3 is 0 Å². The molecule has 0 N–H and O–H groups in total. The minimum absolute atomic E-state index is 0.376. The fourth-order valence-electron chi connectivity index (χ4n) is 27.0. The maximum Gasteiger partial charge on any atom is 0.143 e. The molecule has 1 atom stereocenters. The summed E-state index contributed by atoms with van der Waals surface area (Å²) >= 11 is 0. The summed E-state index contributed by atoms with van der Waals surface area (Å²) in [5.41, 5.74) is 48.3. The molecule has 0 saturated carbocycles. The molecular weight excluding hydrogens is 1810 g/mol. The van der Waals surface area contributed by atoms with Gasteiger partial charge in [-0.15, -0.1) is 0 Å². The second-order valence-electron chi connectivity index (χ2n) is 40.3. The number of hydrogen-bond acceptors (Lipinski definition) is 6.